The van der Waals surface area contributed by atoms with Gasteiger partial charge in [-0.15, -0.1) is 0 Å². The SMILES string of the molecule is O=S(=O)(C[C@@H](C[NH+]1CCOCC1)[NH+]1CCOCC1)c1ccccc1. The molecule has 0 aliphatic carbocycles. The first kappa shape index (κ1) is 17.8. The van der Waals surface area contributed by atoms with E-state index in [0.717, 1.165) is 59.2 Å². The summed E-state index contributed by atoms with van der Waals surface area (Å²) in [6, 6.07) is 8.92. The van der Waals surface area contributed by atoms with Gasteiger partial charge in [0.1, 0.15) is 38.5 Å². The van der Waals surface area contributed by atoms with Crippen molar-refractivity contribution in [2.75, 3.05) is 64.9 Å². The van der Waals surface area contributed by atoms with Gasteiger partial charge in [-0.25, -0.2) is 8.42 Å². The van der Waals surface area contributed by atoms with Gasteiger partial charge in [-0.3, -0.25) is 0 Å². The third-order valence-electron chi connectivity index (χ3n) is 4.97. The van der Waals surface area contributed by atoms with Gasteiger partial charge in [0.25, 0.3) is 0 Å². The molecule has 1 aromatic carbocycles. The maximum Gasteiger partial charge on any atom is 0.184 e. The predicted molar refractivity (Wildman–Crippen MR) is 90.2 cm³/mol. The van der Waals surface area contributed by atoms with Crippen LogP contribution in [-0.4, -0.2) is 79.4 Å². The number of nitrogens with one attached hydrogen (secondary N) is 2. The fourth-order valence-corrected chi connectivity index (χ4v) is 5.21. The van der Waals surface area contributed by atoms with Gasteiger partial charge in [-0.05, 0) is 12.1 Å². The number of sulfone groups is 1. The second kappa shape index (κ2) is 8.40. The molecule has 3 rings (SSSR count). The quantitative estimate of drug-likeness (QED) is 0.600. The van der Waals surface area contributed by atoms with Crippen LogP contribution in [0.1, 0.15) is 0 Å². The lowest BCUT2D eigenvalue weighted by atomic mass is 10.2. The van der Waals surface area contributed by atoms with Crippen molar-refractivity contribution in [2.45, 2.75) is 10.9 Å². The summed E-state index contributed by atoms with van der Waals surface area (Å²) >= 11 is 0. The Balaban J connectivity index is 1.73. The largest absolute Gasteiger partial charge is 0.370 e. The maximum absolute atomic E-state index is 12.8. The van der Waals surface area contributed by atoms with Crippen LogP contribution in [0, 0.1) is 0 Å². The van der Waals surface area contributed by atoms with Crippen molar-refractivity contribution in [3.05, 3.63) is 30.3 Å². The van der Waals surface area contributed by atoms with Gasteiger partial charge in [-0.1, -0.05) is 18.2 Å². The van der Waals surface area contributed by atoms with Crippen LogP contribution in [-0.2, 0) is 19.3 Å². The van der Waals surface area contributed by atoms with Crippen LogP contribution >= 0.6 is 0 Å². The van der Waals surface area contributed by atoms with Crippen LogP contribution in [0.15, 0.2) is 35.2 Å². The molecule has 0 saturated carbocycles. The molecule has 6 nitrogen and oxygen atoms in total. The van der Waals surface area contributed by atoms with Crippen LogP contribution in [0.2, 0.25) is 0 Å². The molecule has 0 radical (unpaired) electrons. The van der Waals surface area contributed by atoms with Crippen molar-refractivity contribution in [1.82, 2.24) is 0 Å². The van der Waals surface area contributed by atoms with Crippen molar-refractivity contribution in [2.24, 2.45) is 0 Å². The first-order chi connectivity index (χ1) is 11.6. The third-order valence-corrected chi connectivity index (χ3v) is 6.80. The average molecular weight is 356 g/mol. The summed E-state index contributed by atoms with van der Waals surface area (Å²) in [5, 5.41) is 0. The van der Waals surface area contributed by atoms with Gasteiger partial charge in [-0.2, -0.15) is 0 Å². The molecule has 0 spiro atoms. The number of morpholine rings is 2. The Kier molecular flexibility index (Phi) is 6.24. The summed E-state index contributed by atoms with van der Waals surface area (Å²) in [4.78, 5) is 3.24. The highest BCUT2D eigenvalue weighted by molar-refractivity contribution is 7.91. The van der Waals surface area contributed by atoms with Crippen LogP contribution in [0.3, 0.4) is 0 Å². The van der Waals surface area contributed by atoms with Gasteiger partial charge < -0.3 is 19.3 Å². The van der Waals surface area contributed by atoms with E-state index < -0.39 is 9.84 Å². The van der Waals surface area contributed by atoms with Crippen LogP contribution in [0.25, 0.3) is 0 Å². The van der Waals surface area contributed by atoms with Gasteiger partial charge in [0.15, 0.2) is 15.9 Å². The number of hydrogen-bond donors (Lipinski definition) is 2. The zero-order chi connectivity index (χ0) is 16.8. The molecule has 0 amide bonds. The molecule has 134 valence electrons. The zero-order valence-corrected chi connectivity index (χ0v) is 14.9. The molecule has 2 heterocycles. The van der Waals surface area contributed by atoms with E-state index in [1.807, 2.05) is 6.07 Å². The van der Waals surface area contributed by atoms with E-state index in [9.17, 15) is 8.42 Å². The monoisotopic (exact) mass is 356 g/mol. The zero-order valence-electron chi connectivity index (χ0n) is 14.1. The normalized spacial score (nSPS) is 22.3. The lowest BCUT2D eigenvalue weighted by Crippen LogP contribution is -3.25. The number of rotatable bonds is 6. The Hall–Kier alpha value is -0.990. The third kappa shape index (κ3) is 4.77. The van der Waals surface area contributed by atoms with E-state index in [4.69, 9.17) is 9.47 Å². The molecule has 1 aromatic rings. The molecule has 7 heteroatoms. The highest BCUT2D eigenvalue weighted by Crippen LogP contribution is 2.10. The Morgan fingerprint density at radius 1 is 0.917 bits per heavy atom. The van der Waals surface area contributed by atoms with E-state index in [2.05, 4.69) is 0 Å². The van der Waals surface area contributed by atoms with Crippen molar-refractivity contribution in [1.29, 1.82) is 0 Å². The minimum atomic E-state index is -3.27. The van der Waals surface area contributed by atoms with Crippen molar-refractivity contribution in [3.63, 3.8) is 0 Å². The minimum absolute atomic E-state index is 0.104. The summed E-state index contributed by atoms with van der Waals surface area (Å²) in [7, 11) is -3.27. The molecule has 1 atom stereocenters. The molecule has 2 saturated heterocycles. The van der Waals surface area contributed by atoms with Gasteiger partial charge in [0.05, 0.1) is 31.3 Å². The highest BCUT2D eigenvalue weighted by atomic mass is 32.2. The van der Waals surface area contributed by atoms with Gasteiger partial charge in [0, 0.05) is 0 Å². The Morgan fingerprint density at radius 3 is 2.12 bits per heavy atom. The van der Waals surface area contributed by atoms with E-state index in [-0.39, 0.29) is 11.8 Å². The Labute approximate surface area is 144 Å². The summed E-state index contributed by atoms with van der Waals surface area (Å²) in [6.45, 7) is 7.56. The van der Waals surface area contributed by atoms with E-state index in [1.54, 1.807) is 24.3 Å². The molecule has 0 aromatic heterocycles. The molecular formula is C17H28N2O4S+2. The average Bonchev–Trinajstić information content (AvgIpc) is 2.63. The number of ether oxygens (including phenoxy) is 2. The molecule has 2 N–H and O–H groups in total. The lowest BCUT2D eigenvalue weighted by molar-refractivity contribution is -0.981. The molecule has 0 unspecified atom stereocenters. The van der Waals surface area contributed by atoms with Crippen molar-refractivity contribution < 1.29 is 27.7 Å². The molecular weight excluding hydrogens is 328 g/mol. The topological polar surface area (TPSA) is 61.5 Å². The first-order valence-electron chi connectivity index (χ1n) is 8.76. The van der Waals surface area contributed by atoms with E-state index >= 15 is 0 Å². The minimum Gasteiger partial charge on any atom is -0.370 e. The maximum atomic E-state index is 12.8. The lowest BCUT2D eigenvalue weighted by Gasteiger charge is -2.34. The van der Waals surface area contributed by atoms with Crippen molar-refractivity contribution >= 4 is 9.84 Å². The molecule has 2 aliphatic rings. The van der Waals surface area contributed by atoms with Crippen LogP contribution in [0.4, 0.5) is 0 Å². The van der Waals surface area contributed by atoms with Crippen molar-refractivity contribution in [3.8, 4) is 0 Å². The fourth-order valence-electron chi connectivity index (χ4n) is 3.56. The predicted octanol–water partition coefficient (Wildman–Crippen LogP) is -2.34. The second-order valence-corrected chi connectivity index (χ2v) is 8.66. The Morgan fingerprint density at radius 2 is 1.50 bits per heavy atom. The van der Waals surface area contributed by atoms with Gasteiger partial charge >= 0.3 is 0 Å². The van der Waals surface area contributed by atoms with Gasteiger partial charge in [0.2, 0.25) is 0 Å². The number of quaternary nitrogens is 2. The van der Waals surface area contributed by atoms with Crippen LogP contribution in [0.5, 0.6) is 0 Å². The smallest absolute Gasteiger partial charge is 0.184 e. The van der Waals surface area contributed by atoms with Crippen LogP contribution < -0.4 is 9.80 Å². The number of benzene rings is 1. The molecule has 2 fully saturated rings. The summed E-state index contributed by atoms with van der Waals surface area (Å²) < 4.78 is 36.6. The molecule has 2 aliphatic heterocycles. The molecule has 0 bridgehead atoms. The number of hydrogen-bond acceptors (Lipinski definition) is 4. The summed E-state index contributed by atoms with van der Waals surface area (Å²) in [5.74, 6) is 0.205. The summed E-state index contributed by atoms with van der Waals surface area (Å²) in [5.41, 5.74) is 0. The standard InChI is InChI=1S/C17H26N2O4S/c20-24(21,17-4-2-1-3-5-17)15-16(19-8-12-23-13-9-19)14-18-6-10-22-11-7-18/h1-5,16H,6-15H2/p+2/t16-/m1/s1. The highest BCUT2D eigenvalue weighted by Gasteiger charge is 2.34. The summed E-state index contributed by atoms with van der Waals surface area (Å²) in [6.07, 6.45) is 0. The Bertz CT molecular complexity index is 596. The second-order valence-electron chi connectivity index (χ2n) is 6.63. The van der Waals surface area contributed by atoms with E-state index in [0.29, 0.717) is 4.90 Å². The molecule has 24 heavy (non-hydrogen) atoms. The fraction of sp³-hybridized carbons (Fsp3) is 0.647. The first-order valence-corrected chi connectivity index (χ1v) is 10.4. The van der Waals surface area contributed by atoms with E-state index in [1.165, 1.54) is 9.80 Å².